The van der Waals surface area contributed by atoms with E-state index in [0.717, 1.165) is 47.1 Å². The van der Waals surface area contributed by atoms with Crippen molar-refractivity contribution in [2.24, 2.45) is 0 Å². The van der Waals surface area contributed by atoms with E-state index in [0.29, 0.717) is 19.0 Å². The summed E-state index contributed by atoms with van der Waals surface area (Å²) in [6.45, 7) is 1.29. The molecule has 1 saturated heterocycles. The average molecular weight is 621 g/mol. The number of nitrogen functional groups attached to an aromatic ring is 1. The molecule has 10 nitrogen and oxygen atoms in total. The lowest BCUT2D eigenvalue weighted by atomic mass is 9.90. The molecule has 2 heterocycles. The molecule has 1 aliphatic heterocycles. The molecule has 0 bridgehead atoms. The largest absolute Gasteiger partial charge is 0.384 e. The molecule has 3 aromatic carbocycles. The number of anilines is 1. The summed E-state index contributed by atoms with van der Waals surface area (Å²) in [6.07, 6.45) is 4.48. The number of hydrogen-bond donors (Lipinski definition) is 5. The number of benzene rings is 3. The molecule has 1 fully saturated rings. The van der Waals surface area contributed by atoms with E-state index in [4.69, 9.17) is 10.5 Å². The van der Waals surface area contributed by atoms with Crippen molar-refractivity contribution >= 4 is 23.7 Å². The van der Waals surface area contributed by atoms with E-state index < -0.39 is 12.0 Å². The molecular formula is C36H40N6O4. The molecule has 6 N–H and O–H groups in total. The van der Waals surface area contributed by atoms with E-state index in [-0.39, 0.29) is 37.0 Å². The maximum Gasteiger partial charge on any atom is 0.317 e. The third-order valence-corrected chi connectivity index (χ3v) is 7.86. The Hall–Kier alpha value is -5.22. The number of carbonyl (C=O) groups excluding carboxylic acids is 3. The number of nitrogens with two attached hydrogens (primary N) is 1. The van der Waals surface area contributed by atoms with E-state index in [1.165, 1.54) is 0 Å². The molecule has 4 aromatic rings. The van der Waals surface area contributed by atoms with E-state index in [2.05, 4.69) is 26.3 Å². The van der Waals surface area contributed by atoms with Gasteiger partial charge in [-0.2, -0.15) is 0 Å². The van der Waals surface area contributed by atoms with Gasteiger partial charge in [-0.05, 0) is 53.1 Å². The third-order valence-electron chi connectivity index (χ3n) is 7.86. The Morgan fingerprint density at radius 1 is 0.761 bits per heavy atom. The van der Waals surface area contributed by atoms with E-state index in [1.807, 2.05) is 84.9 Å². The number of nitrogens with zero attached hydrogens (tertiary/aromatic N) is 1. The summed E-state index contributed by atoms with van der Waals surface area (Å²) in [5.41, 5.74) is 9.99. The highest BCUT2D eigenvalue weighted by molar-refractivity contribution is 5.92. The lowest BCUT2D eigenvalue weighted by Gasteiger charge is -2.23. The first-order valence-corrected chi connectivity index (χ1v) is 15.6. The summed E-state index contributed by atoms with van der Waals surface area (Å²) in [5.74, 6) is -0.825. The van der Waals surface area contributed by atoms with Gasteiger partial charge in [-0.3, -0.25) is 9.59 Å². The Morgan fingerprint density at radius 2 is 1.37 bits per heavy atom. The van der Waals surface area contributed by atoms with Crippen LogP contribution in [0.25, 0.3) is 0 Å². The molecule has 4 amide bonds. The number of ether oxygens (including phenoxy) is 1. The molecule has 0 radical (unpaired) electrons. The fraction of sp³-hybridized carbons (Fsp3) is 0.278. The highest BCUT2D eigenvalue weighted by Crippen LogP contribution is 2.25. The van der Waals surface area contributed by atoms with Crippen LogP contribution in [0.2, 0.25) is 0 Å². The van der Waals surface area contributed by atoms with Gasteiger partial charge >= 0.3 is 6.03 Å². The van der Waals surface area contributed by atoms with E-state index >= 15 is 0 Å². The first kappa shape index (κ1) is 32.2. The second kappa shape index (κ2) is 16.2. The minimum atomic E-state index is -0.858. The van der Waals surface area contributed by atoms with E-state index in [9.17, 15) is 14.4 Å². The van der Waals surface area contributed by atoms with Crippen molar-refractivity contribution in [1.82, 2.24) is 26.3 Å². The fourth-order valence-electron chi connectivity index (χ4n) is 5.36. The van der Waals surface area contributed by atoms with Gasteiger partial charge in [0.05, 0.1) is 5.92 Å². The van der Waals surface area contributed by atoms with Crippen LogP contribution in [0.1, 0.15) is 53.0 Å². The van der Waals surface area contributed by atoms with Gasteiger partial charge in [0.25, 0.3) is 0 Å². The topological polar surface area (TPSA) is 147 Å². The van der Waals surface area contributed by atoms with Gasteiger partial charge in [-0.15, -0.1) is 0 Å². The predicted molar refractivity (Wildman–Crippen MR) is 176 cm³/mol. The van der Waals surface area contributed by atoms with Gasteiger partial charge in [0.1, 0.15) is 18.1 Å². The molecule has 0 spiro atoms. The van der Waals surface area contributed by atoms with Gasteiger partial charge in [-0.1, -0.05) is 91.0 Å². The van der Waals surface area contributed by atoms with Gasteiger partial charge in [0, 0.05) is 32.3 Å². The van der Waals surface area contributed by atoms with Crippen LogP contribution in [0.5, 0.6) is 0 Å². The minimum Gasteiger partial charge on any atom is -0.384 e. The Labute approximate surface area is 269 Å². The zero-order chi connectivity index (χ0) is 32.1. The molecule has 10 heteroatoms. The molecule has 46 heavy (non-hydrogen) atoms. The molecular weight excluding hydrogens is 580 g/mol. The Bertz CT molecular complexity index is 1520. The Kier molecular flexibility index (Phi) is 11.3. The van der Waals surface area contributed by atoms with Crippen LogP contribution in [0.15, 0.2) is 103 Å². The second-order valence-corrected chi connectivity index (χ2v) is 11.3. The summed E-state index contributed by atoms with van der Waals surface area (Å²) in [4.78, 5) is 43.8. The third kappa shape index (κ3) is 9.39. The van der Waals surface area contributed by atoms with Crippen molar-refractivity contribution in [3.05, 3.63) is 131 Å². The molecule has 1 aromatic heterocycles. The van der Waals surface area contributed by atoms with Crippen molar-refractivity contribution < 1.29 is 19.1 Å². The summed E-state index contributed by atoms with van der Waals surface area (Å²) in [7, 11) is 0. The zero-order valence-corrected chi connectivity index (χ0v) is 25.7. The normalized spacial score (nSPS) is 15.0. The quantitative estimate of drug-likeness (QED) is 0.161. The molecule has 238 valence electrons. The standard InChI is InChI=1S/C36H40N6O4/c37-31-19-18-27(24-38-31)21-30(41-35(44)33(28-9-3-1-4-10-28)29-11-5-2-6-12-29)34(43)39-22-25-14-16-26(17-15-25)23-40-36(45)42-32-13-7-8-20-46-32/h1-6,9-12,14-19,24,30,32-33H,7-8,13,20-23H2,(H2,37,38)(H,39,43)(H,41,44)(H2,40,42,45). The Morgan fingerprint density at radius 3 is 1.93 bits per heavy atom. The summed E-state index contributed by atoms with van der Waals surface area (Å²) in [5, 5.41) is 11.7. The maximum atomic E-state index is 13.9. The number of aromatic nitrogens is 1. The minimum absolute atomic E-state index is 0.236. The van der Waals surface area contributed by atoms with E-state index in [1.54, 1.807) is 18.3 Å². The number of pyridine rings is 1. The lowest BCUT2D eigenvalue weighted by molar-refractivity contribution is -0.129. The van der Waals surface area contributed by atoms with Gasteiger partial charge in [0.2, 0.25) is 11.8 Å². The predicted octanol–water partition coefficient (Wildman–Crippen LogP) is 4.17. The summed E-state index contributed by atoms with van der Waals surface area (Å²) in [6, 6.07) is 29.0. The van der Waals surface area contributed by atoms with Crippen molar-refractivity contribution in [3.8, 4) is 0 Å². The van der Waals surface area contributed by atoms with Crippen LogP contribution in [0.4, 0.5) is 10.6 Å². The van der Waals surface area contributed by atoms with Crippen LogP contribution >= 0.6 is 0 Å². The number of hydrogen-bond acceptors (Lipinski definition) is 6. The van der Waals surface area contributed by atoms with Crippen molar-refractivity contribution in [1.29, 1.82) is 0 Å². The second-order valence-electron chi connectivity index (χ2n) is 11.3. The zero-order valence-electron chi connectivity index (χ0n) is 25.7. The number of urea groups is 1. The van der Waals surface area contributed by atoms with Gasteiger partial charge in [0.15, 0.2) is 0 Å². The first-order valence-electron chi connectivity index (χ1n) is 15.6. The van der Waals surface area contributed by atoms with Crippen molar-refractivity contribution in [2.45, 2.75) is 57.0 Å². The fourth-order valence-corrected chi connectivity index (χ4v) is 5.36. The average Bonchev–Trinajstić information content (AvgIpc) is 3.09. The van der Waals surface area contributed by atoms with Crippen LogP contribution in [0, 0.1) is 0 Å². The Balaban J connectivity index is 1.22. The number of nitrogens with one attached hydrogen (secondary N) is 4. The molecule has 0 aliphatic carbocycles. The number of carbonyl (C=O) groups is 3. The van der Waals surface area contributed by atoms with Crippen LogP contribution in [-0.4, -0.2) is 41.7 Å². The summed E-state index contributed by atoms with van der Waals surface area (Å²) < 4.78 is 5.55. The van der Waals surface area contributed by atoms with Crippen LogP contribution < -0.4 is 27.0 Å². The first-order chi connectivity index (χ1) is 22.4. The van der Waals surface area contributed by atoms with Crippen LogP contribution in [-0.2, 0) is 33.8 Å². The number of rotatable bonds is 12. The number of amides is 4. The van der Waals surface area contributed by atoms with Gasteiger partial charge in [-0.25, -0.2) is 9.78 Å². The lowest BCUT2D eigenvalue weighted by Crippen LogP contribution is -2.49. The van der Waals surface area contributed by atoms with Gasteiger partial charge < -0.3 is 31.7 Å². The monoisotopic (exact) mass is 620 g/mol. The SMILES string of the molecule is Nc1ccc(CC(NC(=O)C(c2ccccc2)c2ccccc2)C(=O)NCc2ccc(CNC(=O)NC3CCCCO3)cc2)cn1. The highest BCUT2D eigenvalue weighted by atomic mass is 16.5. The molecule has 2 unspecified atom stereocenters. The van der Waals surface area contributed by atoms with Crippen molar-refractivity contribution in [2.75, 3.05) is 12.3 Å². The van der Waals surface area contributed by atoms with Crippen LogP contribution in [0.3, 0.4) is 0 Å². The highest BCUT2D eigenvalue weighted by Gasteiger charge is 2.28. The molecule has 5 rings (SSSR count). The molecule has 2 atom stereocenters. The smallest absolute Gasteiger partial charge is 0.317 e. The summed E-state index contributed by atoms with van der Waals surface area (Å²) >= 11 is 0. The molecule has 0 saturated carbocycles. The molecule has 1 aliphatic rings. The maximum absolute atomic E-state index is 13.9. The van der Waals surface area contributed by atoms with Crippen molar-refractivity contribution in [3.63, 3.8) is 0 Å².